The molecule has 0 bridgehead atoms. The number of nitrogens with zero attached hydrogens (tertiary/aromatic N) is 2. The SMILES string of the molecule is COC(=O)c1cnc(-c2csc(C(=O)c3c[nH]c4ccccc34)n2)o1.COC(C)=O. The van der Waals surface area contributed by atoms with Crippen LogP contribution in [0.15, 0.2) is 46.5 Å². The van der Waals surface area contributed by atoms with Gasteiger partial charge in [-0.2, -0.15) is 0 Å². The number of carbonyl (C=O) groups excluding carboxylic acids is 3. The van der Waals surface area contributed by atoms with E-state index in [0.717, 1.165) is 10.9 Å². The van der Waals surface area contributed by atoms with Gasteiger partial charge in [0.15, 0.2) is 5.01 Å². The molecule has 1 N–H and O–H groups in total. The van der Waals surface area contributed by atoms with E-state index in [1.54, 1.807) is 11.6 Å². The number of aromatic amines is 1. The lowest BCUT2D eigenvalue weighted by Gasteiger charge is -1.95. The maximum absolute atomic E-state index is 12.7. The van der Waals surface area contributed by atoms with Crippen molar-refractivity contribution in [3.05, 3.63) is 58.4 Å². The molecule has 4 aromatic rings. The molecule has 0 unspecified atom stereocenters. The highest BCUT2D eigenvalue weighted by Gasteiger charge is 2.20. The van der Waals surface area contributed by atoms with Crippen LogP contribution >= 0.6 is 11.3 Å². The van der Waals surface area contributed by atoms with E-state index in [-0.39, 0.29) is 23.4 Å². The second kappa shape index (κ2) is 9.14. The molecule has 3 heterocycles. The number of benzene rings is 1. The van der Waals surface area contributed by atoms with E-state index in [4.69, 9.17) is 4.42 Å². The van der Waals surface area contributed by atoms with Gasteiger partial charge < -0.3 is 18.9 Å². The van der Waals surface area contributed by atoms with Gasteiger partial charge in [0, 0.05) is 29.4 Å². The van der Waals surface area contributed by atoms with Gasteiger partial charge >= 0.3 is 11.9 Å². The number of hydrogen-bond acceptors (Lipinski definition) is 9. The molecule has 1 aromatic carbocycles. The average Bonchev–Trinajstić information content (AvgIpc) is 3.51. The van der Waals surface area contributed by atoms with Gasteiger partial charge in [0.1, 0.15) is 5.69 Å². The molecule has 0 saturated heterocycles. The summed E-state index contributed by atoms with van der Waals surface area (Å²) in [6.45, 7) is 1.36. The van der Waals surface area contributed by atoms with E-state index in [2.05, 4.69) is 24.4 Å². The normalized spacial score (nSPS) is 10.2. The Kier molecular flexibility index (Phi) is 6.38. The van der Waals surface area contributed by atoms with Crippen LogP contribution in [0, 0.1) is 0 Å². The second-order valence-electron chi connectivity index (χ2n) is 5.83. The Balaban J connectivity index is 0.000000461. The van der Waals surface area contributed by atoms with Gasteiger partial charge in [-0.05, 0) is 6.07 Å². The first kappa shape index (κ1) is 20.9. The monoisotopic (exact) mass is 427 g/mol. The van der Waals surface area contributed by atoms with Crippen molar-refractivity contribution in [3.63, 3.8) is 0 Å². The Morgan fingerprint density at radius 3 is 2.57 bits per heavy atom. The van der Waals surface area contributed by atoms with Crippen molar-refractivity contribution < 1.29 is 28.3 Å². The van der Waals surface area contributed by atoms with Gasteiger partial charge in [-0.25, -0.2) is 14.8 Å². The number of methoxy groups -OCH3 is 2. The van der Waals surface area contributed by atoms with Crippen molar-refractivity contribution in [1.82, 2.24) is 15.0 Å². The third-order valence-electron chi connectivity index (χ3n) is 3.93. The first-order chi connectivity index (χ1) is 14.4. The third-order valence-corrected chi connectivity index (χ3v) is 4.77. The molecule has 10 heteroatoms. The fourth-order valence-corrected chi connectivity index (χ4v) is 3.18. The quantitative estimate of drug-likeness (QED) is 0.388. The second-order valence-corrected chi connectivity index (χ2v) is 6.69. The zero-order valence-corrected chi connectivity index (χ0v) is 17.1. The van der Waals surface area contributed by atoms with Gasteiger partial charge in [0.2, 0.25) is 17.4 Å². The Bertz CT molecular complexity index is 1210. The lowest BCUT2D eigenvalue weighted by Crippen LogP contribution is -1.99. The summed E-state index contributed by atoms with van der Waals surface area (Å²) < 4.78 is 14.0. The minimum absolute atomic E-state index is 0.0185. The highest BCUT2D eigenvalue weighted by molar-refractivity contribution is 7.12. The maximum atomic E-state index is 12.7. The molecule has 30 heavy (non-hydrogen) atoms. The van der Waals surface area contributed by atoms with E-state index in [1.165, 1.54) is 38.7 Å². The molecule has 154 valence electrons. The number of rotatable bonds is 4. The Hall–Kier alpha value is -3.79. The summed E-state index contributed by atoms with van der Waals surface area (Å²) in [5, 5.41) is 2.82. The number of aromatic nitrogens is 3. The highest BCUT2D eigenvalue weighted by Crippen LogP contribution is 2.26. The molecule has 9 nitrogen and oxygen atoms in total. The Labute approximate surface area is 174 Å². The number of ether oxygens (including phenoxy) is 2. The molecule has 0 aliphatic heterocycles. The van der Waals surface area contributed by atoms with Gasteiger partial charge in [-0.3, -0.25) is 9.59 Å². The smallest absolute Gasteiger partial charge is 0.375 e. The summed E-state index contributed by atoms with van der Waals surface area (Å²) in [7, 11) is 2.60. The number of fused-ring (bicyclic) bond motifs is 1. The molecule has 0 aliphatic carbocycles. The summed E-state index contributed by atoms with van der Waals surface area (Å²) >= 11 is 1.19. The van der Waals surface area contributed by atoms with Crippen LogP contribution in [-0.4, -0.2) is 46.9 Å². The number of hydrogen-bond donors (Lipinski definition) is 1. The number of thiazole rings is 1. The average molecular weight is 427 g/mol. The molecule has 3 aromatic heterocycles. The van der Waals surface area contributed by atoms with Crippen molar-refractivity contribution in [2.45, 2.75) is 6.92 Å². The lowest BCUT2D eigenvalue weighted by atomic mass is 10.1. The van der Waals surface area contributed by atoms with Gasteiger partial charge in [-0.1, -0.05) is 18.2 Å². The van der Waals surface area contributed by atoms with E-state index in [1.807, 2.05) is 24.3 Å². The third kappa shape index (κ3) is 4.44. The molecule has 0 atom stereocenters. The molecule has 0 aliphatic rings. The molecule has 4 rings (SSSR count). The molecular formula is C20H17N3O6S. The van der Waals surface area contributed by atoms with Crippen LogP contribution in [0.25, 0.3) is 22.5 Å². The fraction of sp³-hybridized carbons (Fsp3) is 0.150. The van der Waals surface area contributed by atoms with Crippen LogP contribution in [0.3, 0.4) is 0 Å². The highest BCUT2D eigenvalue weighted by atomic mass is 32.1. The first-order valence-corrected chi connectivity index (χ1v) is 9.48. The summed E-state index contributed by atoms with van der Waals surface area (Å²) in [6, 6.07) is 7.56. The number of esters is 2. The predicted molar refractivity (Wildman–Crippen MR) is 108 cm³/mol. The standard InChI is InChI=1S/C17H11N3O4S.C3H6O2/c1-23-17(22)13-7-19-15(24-13)12-8-25-16(20-12)14(21)10-6-18-11-5-3-2-4-9(10)11;1-3(4)5-2/h2-8,18H,1H3;1-2H3. The zero-order chi connectivity index (χ0) is 21.7. The van der Waals surface area contributed by atoms with Crippen molar-refractivity contribution in [1.29, 1.82) is 0 Å². The van der Waals surface area contributed by atoms with Crippen molar-refractivity contribution in [3.8, 4) is 11.6 Å². The Morgan fingerprint density at radius 2 is 1.87 bits per heavy atom. The molecule has 0 fully saturated rings. The minimum atomic E-state index is -0.621. The van der Waals surface area contributed by atoms with Crippen LogP contribution in [-0.2, 0) is 14.3 Å². The zero-order valence-electron chi connectivity index (χ0n) is 16.3. The number of para-hydroxylation sites is 1. The van der Waals surface area contributed by atoms with E-state index in [0.29, 0.717) is 16.3 Å². The van der Waals surface area contributed by atoms with E-state index in [9.17, 15) is 14.4 Å². The van der Waals surface area contributed by atoms with Crippen molar-refractivity contribution >= 4 is 40.0 Å². The summed E-state index contributed by atoms with van der Waals surface area (Å²) in [5.41, 5.74) is 1.83. The number of carbonyl (C=O) groups is 3. The van der Waals surface area contributed by atoms with E-state index < -0.39 is 5.97 Å². The number of ketones is 1. The molecule has 0 saturated carbocycles. The fourth-order valence-electron chi connectivity index (χ4n) is 2.44. The van der Waals surface area contributed by atoms with Gasteiger partial charge in [0.25, 0.3) is 0 Å². The van der Waals surface area contributed by atoms with Crippen LogP contribution < -0.4 is 0 Å². The van der Waals surface area contributed by atoms with Crippen LogP contribution in [0.1, 0.15) is 32.8 Å². The van der Waals surface area contributed by atoms with Gasteiger partial charge in [-0.15, -0.1) is 11.3 Å². The van der Waals surface area contributed by atoms with Crippen LogP contribution in [0.5, 0.6) is 0 Å². The first-order valence-electron chi connectivity index (χ1n) is 8.60. The summed E-state index contributed by atoms with van der Waals surface area (Å²) in [4.78, 5) is 45.1. The number of nitrogens with one attached hydrogen (secondary N) is 1. The van der Waals surface area contributed by atoms with Crippen molar-refractivity contribution in [2.24, 2.45) is 0 Å². The van der Waals surface area contributed by atoms with Crippen LogP contribution in [0.2, 0.25) is 0 Å². The van der Waals surface area contributed by atoms with Crippen LogP contribution in [0.4, 0.5) is 0 Å². The number of H-pyrrole nitrogens is 1. The molecule has 0 spiro atoms. The predicted octanol–water partition coefficient (Wildman–Crippen LogP) is 3.48. The largest absolute Gasteiger partial charge is 0.469 e. The summed E-state index contributed by atoms with van der Waals surface area (Å²) in [6.07, 6.45) is 2.94. The lowest BCUT2D eigenvalue weighted by molar-refractivity contribution is -0.137. The summed E-state index contributed by atoms with van der Waals surface area (Å²) in [5.74, 6) is -0.910. The molecule has 0 amide bonds. The minimum Gasteiger partial charge on any atom is -0.469 e. The van der Waals surface area contributed by atoms with Gasteiger partial charge in [0.05, 0.1) is 26.0 Å². The topological polar surface area (TPSA) is 124 Å². The molecule has 0 radical (unpaired) electrons. The Morgan fingerprint density at radius 1 is 1.13 bits per heavy atom. The molecular weight excluding hydrogens is 410 g/mol. The maximum Gasteiger partial charge on any atom is 0.375 e. The number of oxazole rings is 1. The van der Waals surface area contributed by atoms with E-state index >= 15 is 0 Å². The van der Waals surface area contributed by atoms with Crippen molar-refractivity contribution in [2.75, 3.05) is 14.2 Å².